The zero-order valence-electron chi connectivity index (χ0n) is 11.9. The first-order valence-electron chi connectivity index (χ1n) is 6.58. The highest BCUT2D eigenvalue weighted by molar-refractivity contribution is 5.68. The molecule has 106 valence electrons. The zero-order chi connectivity index (χ0) is 14.5. The first kappa shape index (κ1) is 14.1. The predicted molar refractivity (Wildman–Crippen MR) is 74.8 cm³/mol. The quantitative estimate of drug-likeness (QED) is 0.621. The summed E-state index contributed by atoms with van der Waals surface area (Å²) in [4.78, 5) is 11.2. The molecule has 0 fully saturated rings. The van der Waals surface area contributed by atoms with Crippen LogP contribution in [0.3, 0.4) is 0 Å². The molecule has 5 nitrogen and oxygen atoms in total. The first-order valence-corrected chi connectivity index (χ1v) is 6.58. The monoisotopic (exact) mass is 274 g/mol. The van der Waals surface area contributed by atoms with Gasteiger partial charge in [-0.25, -0.2) is 4.68 Å². The number of carbonyl (C=O) groups excluding carboxylic acids is 1. The predicted octanol–water partition coefficient (Wildman–Crippen LogP) is 2.86. The van der Waals surface area contributed by atoms with E-state index in [0.717, 1.165) is 11.4 Å². The summed E-state index contributed by atoms with van der Waals surface area (Å²) in [5.74, 6) is 0.255. The molecule has 1 heterocycles. The molecule has 2 rings (SSSR count). The average molecular weight is 274 g/mol. The van der Waals surface area contributed by atoms with Crippen molar-refractivity contribution in [2.45, 2.75) is 33.5 Å². The fourth-order valence-electron chi connectivity index (χ4n) is 1.78. The number of nitrogens with zero attached hydrogens (tertiary/aromatic N) is 2. The summed E-state index contributed by atoms with van der Waals surface area (Å²) >= 11 is 0. The van der Waals surface area contributed by atoms with Gasteiger partial charge in [0.25, 0.3) is 0 Å². The lowest BCUT2D eigenvalue weighted by Gasteiger charge is -2.15. The Labute approximate surface area is 118 Å². The molecule has 2 aromatic rings. The Morgan fingerprint density at radius 1 is 1.35 bits per heavy atom. The standard InChI is InChI=1S/C15H18N2O3/c1-4-15(18)20-12(3)19-14-10-11(2)16-17(14)13-8-6-5-7-9-13/h5-10,12H,4H2,1-3H3. The molecular weight excluding hydrogens is 256 g/mol. The molecule has 1 aromatic heterocycles. The molecule has 0 amide bonds. The second-order valence-corrected chi connectivity index (χ2v) is 4.40. The Morgan fingerprint density at radius 3 is 2.70 bits per heavy atom. The van der Waals surface area contributed by atoms with Gasteiger partial charge in [-0.1, -0.05) is 25.1 Å². The van der Waals surface area contributed by atoms with Crippen LogP contribution in [0.5, 0.6) is 5.88 Å². The van der Waals surface area contributed by atoms with Gasteiger partial charge >= 0.3 is 5.97 Å². The van der Waals surface area contributed by atoms with E-state index in [4.69, 9.17) is 9.47 Å². The molecule has 0 aliphatic rings. The summed E-state index contributed by atoms with van der Waals surface area (Å²) in [6.45, 7) is 5.31. The highest BCUT2D eigenvalue weighted by Gasteiger charge is 2.14. The van der Waals surface area contributed by atoms with Gasteiger partial charge in [-0.15, -0.1) is 0 Å². The van der Waals surface area contributed by atoms with Crippen LogP contribution in [0.2, 0.25) is 0 Å². The van der Waals surface area contributed by atoms with Gasteiger partial charge in [0, 0.05) is 19.4 Å². The molecule has 0 bridgehead atoms. The highest BCUT2D eigenvalue weighted by atomic mass is 16.7. The van der Waals surface area contributed by atoms with Gasteiger partial charge in [0.15, 0.2) is 0 Å². The molecule has 0 radical (unpaired) electrons. The van der Waals surface area contributed by atoms with Crippen molar-refractivity contribution in [2.75, 3.05) is 0 Å². The smallest absolute Gasteiger partial charge is 0.308 e. The molecule has 20 heavy (non-hydrogen) atoms. The lowest BCUT2D eigenvalue weighted by atomic mass is 10.3. The number of ether oxygens (including phenoxy) is 2. The number of para-hydroxylation sites is 1. The molecule has 0 aliphatic carbocycles. The van der Waals surface area contributed by atoms with Gasteiger partial charge in [-0.05, 0) is 19.1 Å². The number of carbonyl (C=O) groups is 1. The van der Waals surface area contributed by atoms with Crippen LogP contribution in [0.1, 0.15) is 26.0 Å². The van der Waals surface area contributed by atoms with Crippen molar-refractivity contribution in [3.8, 4) is 11.6 Å². The maximum absolute atomic E-state index is 11.2. The fourth-order valence-corrected chi connectivity index (χ4v) is 1.78. The number of benzene rings is 1. The minimum atomic E-state index is -0.652. The molecule has 0 aliphatic heterocycles. The molecular formula is C15H18N2O3. The molecule has 0 spiro atoms. The Kier molecular flexibility index (Phi) is 4.40. The summed E-state index contributed by atoms with van der Waals surface area (Å²) in [6.07, 6.45) is -0.328. The summed E-state index contributed by atoms with van der Waals surface area (Å²) in [7, 11) is 0. The SMILES string of the molecule is CCC(=O)OC(C)Oc1cc(C)nn1-c1ccccc1. The Balaban J connectivity index is 2.18. The number of aromatic nitrogens is 2. The number of hydrogen-bond donors (Lipinski definition) is 0. The van der Waals surface area contributed by atoms with Crippen LogP contribution in [-0.2, 0) is 9.53 Å². The largest absolute Gasteiger partial charge is 0.438 e. The van der Waals surface area contributed by atoms with Crippen LogP contribution in [0.15, 0.2) is 36.4 Å². The van der Waals surface area contributed by atoms with Crippen LogP contribution >= 0.6 is 0 Å². The summed E-state index contributed by atoms with van der Waals surface area (Å²) < 4.78 is 12.4. The van der Waals surface area contributed by atoms with E-state index in [-0.39, 0.29) is 5.97 Å². The first-order chi connectivity index (χ1) is 9.60. The summed E-state index contributed by atoms with van der Waals surface area (Å²) in [6, 6.07) is 11.5. The zero-order valence-corrected chi connectivity index (χ0v) is 11.9. The van der Waals surface area contributed by atoms with Crippen LogP contribution < -0.4 is 4.74 Å². The van der Waals surface area contributed by atoms with E-state index < -0.39 is 6.29 Å². The van der Waals surface area contributed by atoms with E-state index in [0.29, 0.717) is 12.3 Å². The van der Waals surface area contributed by atoms with E-state index in [2.05, 4.69) is 5.10 Å². The van der Waals surface area contributed by atoms with Crippen molar-refractivity contribution < 1.29 is 14.3 Å². The van der Waals surface area contributed by atoms with E-state index in [1.54, 1.807) is 18.5 Å². The number of hydrogen-bond acceptors (Lipinski definition) is 4. The van der Waals surface area contributed by atoms with Crippen LogP contribution in [-0.4, -0.2) is 22.0 Å². The van der Waals surface area contributed by atoms with Gasteiger partial charge < -0.3 is 9.47 Å². The molecule has 0 N–H and O–H groups in total. The van der Waals surface area contributed by atoms with Crippen LogP contribution in [0.4, 0.5) is 0 Å². The van der Waals surface area contributed by atoms with Crippen molar-refractivity contribution in [3.63, 3.8) is 0 Å². The topological polar surface area (TPSA) is 53.4 Å². The van der Waals surface area contributed by atoms with Gasteiger partial charge in [-0.3, -0.25) is 4.79 Å². The van der Waals surface area contributed by atoms with E-state index >= 15 is 0 Å². The Bertz CT molecular complexity index is 578. The molecule has 5 heteroatoms. The fraction of sp³-hybridized carbons (Fsp3) is 0.333. The molecule has 1 unspecified atom stereocenters. The van der Waals surface area contributed by atoms with Crippen molar-refractivity contribution in [3.05, 3.63) is 42.1 Å². The minimum absolute atomic E-state index is 0.292. The van der Waals surface area contributed by atoms with E-state index in [1.807, 2.05) is 43.3 Å². The third kappa shape index (κ3) is 3.38. The van der Waals surface area contributed by atoms with E-state index in [9.17, 15) is 4.79 Å². The minimum Gasteiger partial charge on any atom is -0.438 e. The number of aryl methyl sites for hydroxylation is 1. The molecule has 1 atom stereocenters. The maximum atomic E-state index is 11.2. The molecule has 0 saturated carbocycles. The van der Waals surface area contributed by atoms with Crippen molar-refractivity contribution in [2.24, 2.45) is 0 Å². The van der Waals surface area contributed by atoms with Crippen LogP contribution in [0, 0.1) is 6.92 Å². The Morgan fingerprint density at radius 2 is 2.05 bits per heavy atom. The summed E-state index contributed by atoms with van der Waals surface area (Å²) in [5, 5.41) is 4.38. The highest BCUT2D eigenvalue weighted by Crippen LogP contribution is 2.20. The normalized spacial score (nSPS) is 11.9. The van der Waals surface area contributed by atoms with Gasteiger partial charge in [0.05, 0.1) is 11.4 Å². The third-order valence-corrected chi connectivity index (χ3v) is 2.67. The lowest BCUT2D eigenvalue weighted by Crippen LogP contribution is -2.21. The van der Waals surface area contributed by atoms with Crippen LogP contribution in [0.25, 0.3) is 5.69 Å². The van der Waals surface area contributed by atoms with Crippen molar-refractivity contribution in [1.82, 2.24) is 9.78 Å². The van der Waals surface area contributed by atoms with Gasteiger partial charge in [-0.2, -0.15) is 5.10 Å². The van der Waals surface area contributed by atoms with Gasteiger partial charge in [0.1, 0.15) is 0 Å². The second kappa shape index (κ2) is 6.23. The number of rotatable bonds is 5. The van der Waals surface area contributed by atoms with Gasteiger partial charge in [0.2, 0.25) is 12.2 Å². The molecule has 0 saturated heterocycles. The Hall–Kier alpha value is -2.30. The number of esters is 1. The molecule has 1 aromatic carbocycles. The van der Waals surface area contributed by atoms with E-state index in [1.165, 1.54) is 0 Å². The summed E-state index contributed by atoms with van der Waals surface area (Å²) in [5.41, 5.74) is 1.72. The average Bonchev–Trinajstić information content (AvgIpc) is 2.80. The third-order valence-electron chi connectivity index (χ3n) is 2.67. The maximum Gasteiger partial charge on any atom is 0.308 e. The second-order valence-electron chi connectivity index (χ2n) is 4.40. The van der Waals surface area contributed by atoms with Crippen molar-refractivity contribution >= 4 is 5.97 Å². The van der Waals surface area contributed by atoms with Crippen molar-refractivity contribution in [1.29, 1.82) is 0 Å². The lowest BCUT2D eigenvalue weighted by molar-refractivity contribution is -0.161.